The third-order valence-corrected chi connectivity index (χ3v) is 5.08. The normalized spacial score (nSPS) is 12.4. The number of carbonyl (C=O) groups excluding carboxylic acids is 3. The number of Topliss-reactive ketones (excluding diaryl/α,β-unsaturated/α-hetero) is 1. The van der Waals surface area contributed by atoms with Gasteiger partial charge in [-0.3, -0.25) is 14.4 Å². The predicted molar refractivity (Wildman–Crippen MR) is 105 cm³/mol. The molecule has 0 atom stereocenters. The van der Waals surface area contributed by atoms with E-state index in [1.54, 1.807) is 32.2 Å². The molecule has 5 heteroatoms. The molecule has 0 saturated heterocycles. The van der Waals surface area contributed by atoms with Crippen molar-refractivity contribution in [1.82, 2.24) is 5.32 Å². The zero-order valence-electron chi connectivity index (χ0n) is 15.7. The summed E-state index contributed by atoms with van der Waals surface area (Å²) >= 11 is 0. The molecule has 0 fully saturated rings. The first kappa shape index (κ1) is 18.8. The van der Waals surface area contributed by atoms with Crippen molar-refractivity contribution in [3.8, 4) is 0 Å². The highest BCUT2D eigenvalue weighted by molar-refractivity contribution is 6.02. The Bertz CT molecular complexity index is 902. The van der Waals surface area contributed by atoms with Crippen LogP contribution in [0.2, 0.25) is 0 Å². The van der Waals surface area contributed by atoms with E-state index in [2.05, 4.69) is 10.6 Å². The van der Waals surface area contributed by atoms with E-state index >= 15 is 0 Å². The van der Waals surface area contributed by atoms with Gasteiger partial charge in [0, 0.05) is 36.7 Å². The Morgan fingerprint density at radius 3 is 2.56 bits per heavy atom. The maximum Gasteiger partial charge on any atom is 0.251 e. The number of aryl methyl sites for hydroxylation is 2. The summed E-state index contributed by atoms with van der Waals surface area (Å²) in [5.41, 5.74) is 5.08. The molecule has 0 aromatic heterocycles. The molecule has 2 aromatic carbocycles. The van der Waals surface area contributed by atoms with Crippen LogP contribution in [0.3, 0.4) is 0 Å². The number of nitrogens with one attached hydrogen (secondary N) is 2. The van der Waals surface area contributed by atoms with E-state index in [9.17, 15) is 14.4 Å². The maximum absolute atomic E-state index is 12.4. The molecule has 2 amide bonds. The summed E-state index contributed by atoms with van der Waals surface area (Å²) in [5.74, 6) is -0.451. The third-order valence-electron chi connectivity index (χ3n) is 5.08. The quantitative estimate of drug-likeness (QED) is 0.771. The van der Waals surface area contributed by atoms with E-state index in [1.165, 1.54) is 11.1 Å². The largest absolute Gasteiger partial charge is 0.355 e. The number of hydrogen-bond acceptors (Lipinski definition) is 3. The number of hydrogen-bond donors (Lipinski definition) is 2. The van der Waals surface area contributed by atoms with Crippen LogP contribution in [0, 0.1) is 6.92 Å². The molecule has 3 rings (SSSR count). The highest BCUT2D eigenvalue weighted by Crippen LogP contribution is 2.24. The maximum atomic E-state index is 12.4. The molecular formula is C22H24N2O3. The topological polar surface area (TPSA) is 75.3 Å². The Hall–Kier alpha value is -2.95. The van der Waals surface area contributed by atoms with Gasteiger partial charge in [-0.15, -0.1) is 0 Å². The minimum Gasteiger partial charge on any atom is -0.355 e. The summed E-state index contributed by atoms with van der Waals surface area (Å²) in [6, 6.07) is 11.1. The second-order valence-electron chi connectivity index (χ2n) is 6.87. The average Bonchev–Trinajstić information content (AvgIpc) is 3.15. The second-order valence-corrected chi connectivity index (χ2v) is 6.87. The molecule has 1 aliphatic rings. The third kappa shape index (κ3) is 4.25. The molecule has 0 aliphatic heterocycles. The Morgan fingerprint density at radius 1 is 1.00 bits per heavy atom. The molecule has 0 saturated carbocycles. The van der Waals surface area contributed by atoms with E-state index in [0.29, 0.717) is 22.4 Å². The molecule has 0 spiro atoms. The SMILES string of the molecule is CNC(=O)c1cccc(NC(=O)CCC(=O)c2ccc3c(c2)CCC3)c1C. The molecule has 2 N–H and O–H groups in total. The number of anilines is 1. The van der Waals surface area contributed by atoms with Gasteiger partial charge in [0.1, 0.15) is 0 Å². The molecule has 27 heavy (non-hydrogen) atoms. The monoisotopic (exact) mass is 364 g/mol. The van der Waals surface area contributed by atoms with Crippen LogP contribution in [0.4, 0.5) is 5.69 Å². The van der Waals surface area contributed by atoms with Crippen LogP contribution in [0.15, 0.2) is 36.4 Å². The first-order valence-electron chi connectivity index (χ1n) is 9.26. The fourth-order valence-corrected chi connectivity index (χ4v) is 3.48. The molecule has 0 radical (unpaired) electrons. The van der Waals surface area contributed by atoms with Gasteiger partial charge in [-0.2, -0.15) is 0 Å². The van der Waals surface area contributed by atoms with Crippen LogP contribution in [0.25, 0.3) is 0 Å². The summed E-state index contributed by atoms with van der Waals surface area (Å²) < 4.78 is 0. The van der Waals surface area contributed by atoms with Crippen LogP contribution in [0.1, 0.15) is 56.7 Å². The van der Waals surface area contributed by atoms with E-state index in [0.717, 1.165) is 19.3 Å². The van der Waals surface area contributed by atoms with Gasteiger partial charge in [0.2, 0.25) is 5.91 Å². The zero-order chi connectivity index (χ0) is 19.4. The van der Waals surface area contributed by atoms with Gasteiger partial charge < -0.3 is 10.6 Å². The van der Waals surface area contributed by atoms with Crippen LogP contribution in [-0.4, -0.2) is 24.6 Å². The van der Waals surface area contributed by atoms with Crippen molar-refractivity contribution >= 4 is 23.3 Å². The molecule has 2 aromatic rings. The fourth-order valence-electron chi connectivity index (χ4n) is 3.48. The Morgan fingerprint density at radius 2 is 1.78 bits per heavy atom. The first-order chi connectivity index (χ1) is 13.0. The molecule has 5 nitrogen and oxygen atoms in total. The molecule has 0 heterocycles. The van der Waals surface area contributed by atoms with Crippen molar-refractivity contribution in [2.75, 3.05) is 12.4 Å². The number of carbonyl (C=O) groups is 3. The zero-order valence-corrected chi connectivity index (χ0v) is 15.7. The molecule has 0 unspecified atom stereocenters. The van der Waals surface area contributed by atoms with Crippen molar-refractivity contribution in [2.45, 2.75) is 39.0 Å². The van der Waals surface area contributed by atoms with Gasteiger partial charge in [-0.05, 0) is 61.1 Å². The van der Waals surface area contributed by atoms with Crippen molar-refractivity contribution in [3.05, 3.63) is 64.2 Å². The lowest BCUT2D eigenvalue weighted by atomic mass is 10.0. The van der Waals surface area contributed by atoms with Gasteiger partial charge in [0.05, 0.1) is 0 Å². The summed E-state index contributed by atoms with van der Waals surface area (Å²) in [5, 5.41) is 5.39. The van der Waals surface area contributed by atoms with Crippen molar-refractivity contribution in [2.24, 2.45) is 0 Å². The van der Waals surface area contributed by atoms with Crippen molar-refractivity contribution in [3.63, 3.8) is 0 Å². The standard InChI is InChI=1S/C22H24N2O3/c1-14-18(22(27)23-2)7-4-8-19(14)24-21(26)12-11-20(25)17-10-9-15-5-3-6-16(15)13-17/h4,7-10,13H,3,5-6,11-12H2,1-2H3,(H,23,27)(H,24,26). The second kappa shape index (κ2) is 8.16. The Kier molecular flexibility index (Phi) is 5.69. The van der Waals surface area contributed by atoms with Crippen LogP contribution < -0.4 is 10.6 Å². The van der Waals surface area contributed by atoms with Crippen LogP contribution in [0.5, 0.6) is 0 Å². The van der Waals surface area contributed by atoms with E-state index in [1.807, 2.05) is 18.2 Å². The first-order valence-corrected chi connectivity index (χ1v) is 9.26. The summed E-state index contributed by atoms with van der Waals surface area (Å²) in [6.45, 7) is 1.79. The van der Waals surface area contributed by atoms with Gasteiger partial charge in [-0.1, -0.05) is 18.2 Å². The highest BCUT2D eigenvalue weighted by Gasteiger charge is 2.16. The van der Waals surface area contributed by atoms with E-state index in [-0.39, 0.29) is 30.4 Å². The average molecular weight is 364 g/mol. The number of rotatable bonds is 6. The highest BCUT2D eigenvalue weighted by atomic mass is 16.2. The lowest BCUT2D eigenvalue weighted by Gasteiger charge is -2.11. The predicted octanol–water partition coefficient (Wildman–Crippen LogP) is 3.44. The van der Waals surface area contributed by atoms with Gasteiger partial charge in [-0.25, -0.2) is 0 Å². The lowest BCUT2D eigenvalue weighted by molar-refractivity contribution is -0.116. The summed E-state index contributed by atoms with van der Waals surface area (Å²) in [6.07, 6.45) is 3.53. The summed E-state index contributed by atoms with van der Waals surface area (Å²) in [4.78, 5) is 36.5. The molecule has 140 valence electrons. The van der Waals surface area contributed by atoms with Crippen LogP contribution >= 0.6 is 0 Å². The van der Waals surface area contributed by atoms with Gasteiger partial charge >= 0.3 is 0 Å². The lowest BCUT2D eigenvalue weighted by Crippen LogP contribution is -2.20. The van der Waals surface area contributed by atoms with Crippen molar-refractivity contribution in [1.29, 1.82) is 0 Å². The van der Waals surface area contributed by atoms with E-state index in [4.69, 9.17) is 0 Å². The van der Waals surface area contributed by atoms with Crippen LogP contribution in [-0.2, 0) is 17.6 Å². The number of fused-ring (bicyclic) bond motifs is 1. The number of amides is 2. The minimum absolute atomic E-state index is 0.0179. The molecule has 0 bridgehead atoms. The van der Waals surface area contributed by atoms with Gasteiger partial charge in [0.25, 0.3) is 5.91 Å². The number of ketones is 1. The molecule has 1 aliphatic carbocycles. The van der Waals surface area contributed by atoms with Crippen molar-refractivity contribution < 1.29 is 14.4 Å². The van der Waals surface area contributed by atoms with E-state index < -0.39 is 0 Å². The molecular weight excluding hydrogens is 340 g/mol. The van der Waals surface area contributed by atoms with Gasteiger partial charge in [0.15, 0.2) is 5.78 Å². The fraction of sp³-hybridized carbons (Fsp3) is 0.318. The Balaban J connectivity index is 1.60. The number of benzene rings is 2. The summed E-state index contributed by atoms with van der Waals surface area (Å²) in [7, 11) is 1.57. The smallest absolute Gasteiger partial charge is 0.251 e. The minimum atomic E-state index is -0.235. The Labute approximate surface area is 159 Å².